The molecule has 0 spiro atoms. The van der Waals surface area contributed by atoms with Crippen molar-refractivity contribution in [3.05, 3.63) is 59.4 Å². The van der Waals surface area contributed by atoms with E-state index in [1.54, 1.807) is 6.07 Å². The van der Waals surface area contributed by atoms with Gasteiger partial charge >= 0.3 is 0 Å². The third-order valence-electron chi connectivity index (χ3n) is 3.84. The first-order chi connectivity index (χ1) is 9.94. The van der Waals surface area contributed by atoms with Crippen molar-refractivity contribution in [2.45, 2.75) is 38.5 Å². The van der Waals surface area contributed by atoms with E-state index in [0.717, 1.165) is 6.42 Å². The van der Waals surface area contributed by atoms with Crippen LogP contribution in [0.1, 0.15) is 38.3 Å². The molecule has 0 bridgehead atoms. The molecule has 3 heteroatoms. The van der Waals surface area contributed by atoms with Crippen LogP contribution < -0.4 is 4.74 Å². The van der Waals surface area contributed by atoms with Gasteiger partial charge in [0.1, 0.15) is 17.3 Å². The van der Waals surface area contributed by atoms with Crippen molar-refractivity contribution in [3.63, 3.8) is 0 Å². The van der Waals surface area contributed by atoms with Gasteiger partial charge in [-0.15, -0.1) is 11.6 Å². The second-order valence-electron chi connectivity index (χ2n) is 5.79. The Bertz CT molecular complexity index is 605. The lowest BCUT2D eigenvalue weighted by Crippen LogP contribution is -2.14. The summed E-state index contributed by atoms with van der Waals surface area (Å²) in [6, 6.07) is 12.5. The summed E-state index contributed by atoms with van der Waals surface area (Å²) < 4.78 is 19.1. The van der Waals surface area contributed by atoms with E-state index in [9.17, 15) is 4.39 Å². The molecule has 0 N–H and O–H groups in total. The molecule has 0 fully saturated rings. The minimum atomic E-state index is -0.341. The number of benzene rings is 2. The summed E-state index contributed by atoms with van der Waals surface area (Å²) in [7, 11) is 0. The molecule has 2 aromatic carbocycles. The van der Waals surface area contributed by atoms with E-state index >= 15 is 0 Å². The van der Waals surface area contributed by atoms with Crippen LogP contribution in [0.15, 0.2) is 42.5 Å². The first kappa shape index (κ1) is 15.8. The lowest BCUT2D eigenvalue weighted by molar-refractivity contribution is 0.472. The molecule has 0 saturated heterocycles. The number of halogens is 2. The molecular weight excluding hydrogens is 287 g/mol. The Balaban J connectivity index is 2.19. The Morgan fingerprint density at radius 3 is 2.29 bits per heavy atom. The van der Waals surface area contributed by atoms with Gasteiger partial charge in [0.25, 0.3) is 0 Å². The van der Waals surface area contributed by atoms with Gasteiger partial charge < -0.3 is 4.74 Å². The van der Waals surface area contributed by atoms with Crippen LogP contribution in [0.5, 0.6) is 11.5 Å². The second kappa shape index (κ2) is 6.48. The molecule has 0 aliphatic carbocycles. The van der Waals surface area contributed by atoms with Gasteiger partial charge in [0, 0.05) is 11.9 Å². The van der Waals surface area contributed by atoms with Gasteiger partial charge in [-0.05, 0) is 47.2 Å². The summed E-state index contributed by atoms with van der Waals surface area (Å²) in [5.41, 5.74) is 2.11. The molecule has 0 radical (unpaired) electrons. The van der Waals surface area contributed by atoms with Gasteiger partial charge in [-0.1, -0.05) is 32.9 Å². The van der Waals surface area contributed by atoms with Crippen LogP contribution in [0, 0.1) is 5.82 Å². The Morgan fingerprint density at radius 1 is 1.05 bits per heavy atom. The largest absolute Gasteiger partial charge is 0.457 e. The molecule has 0 aliphatic heterocycles. The Hall–Kier alpha value is -1.54. The number of alkyl halides is 1. The summed E-state index contributed by atoms with van der Waals surface area (Å²) in [4.78, 5) is 0. The lowest BCUT2D eigenvalue weighted by Gasteiger charge is -2.23. The van der Waals surface area contributed by atoms with Crippen LogP contribution in [-0.2, 0) is 11.3 Å². The first-order valence-corrected chi connectivity index (χ1v) is 7.62. The number of hydrogen-bond acceptors (Lipinski definition) is 1. The van der Waals surface area contributed by atoms with Gasteiger partial charge in [0.15, 0.2) is 0 Å². The van der Waals surface area contributed by atoms with Gasteiger partial charge in [0.05, 0.1) is 0 Å². The highest BCUT2D eigenvalue weighted by atomic mass is 35.5. The summed E-state index contributed by atoms with van der Waals surface area (Å²) in [5.74, 6) is 1.08. The molecule has 112 valence electrons. The van der Waals surface area contributed by atoms with Gasteiger partial charge in [-0.25, -0.2) is 4.39 Å². The fraction of sp³-hybridized carbons (Fsp3) is 0.333. The van der Waals surface area contributed by atoms with E-state index in [0.29, 0.717) is 17.1 Å². The summed E-state index contributed by atoms with van der Waals surface area (Å²) in [6.07, 6.45) is 1.07. The highest BCUT2D eigenvalue weighted by Gasteiger charge is 2.17. The van der Waals surface area contributed by atoms with E-state index in [1.807, 2.05) is 12.1 Å². The first-order valence-electron chi connectivity index (χ1n) is 7.08. The fourth-order valence-corrected chi connectivity index (χ4v) is 2.23. The Morgan fingerprint density at radius 2 is 1.71 bits per heavy atom. The maximum Gasteiger partial charge on any atom is 0.130 e. The van der Waals surface area contributed by atoms with Crippen molar-refractivity contribution in [1.82, 2.24) is 0 Å². The third kappa shape index (κ3) is 3.98. The van der Waals surface area contributed by atoms with E-state index in [-0.39, 0.29) is 17.1 Å². The van der Waals surface area contributed by atoms with Crippen LogP contribution in [0.4, 0.5) is 4.39 Å². The zero-order valence-corrected chi connectivity index (χ0v) is 13.4. The normalized spacial score (nSPS) is 11.5. The van der Waals surface area contributed by atoms with Crippen LogP contribution in [0.25, 0.3) is 0 Å². The highest BCUT2D eigenvalue weighted by molar-refractivity contribution is 6.17. The van der Waals surface area contributed by atoms with E-state index in [4.69, 9.17) is 16.3 Å². The zero-order valence-electron chi connectivity index (χ0n) is 12.6. The van der Waals surface area contributed by atoms with Crippen molar-refractivity contribution in [2.75, 3.05) is 0 Å². The molecule has 0 heterocycles. The molecule has 0 unspecified atom stereocenters. The fourth-order valence-electron chi connectivity index (χ4n) is 2.07. The van der Waals surface area contributed by atoms with Gasteiger partial charge in [0.2, 0.25) is 0 Å². The topological polar surface area (TPSA) is 9.23 Å². The maximum absolute atomic E-state index is 13.4. The van der Waals surface area contributed by atoms with Crippen molar-refractivity contribution in [1.29, 1.82) is 0 Å². The number of rotatable bonds is 5. The molecule has 0 amide bonds. The zero-order chi connectivity index (χ0) is 15.5. The van der Waals surface area contributed by atoms with Crippen LogP contribution >= 0.6 is 11.6 Å². The van der Waals surface area contributed by atoms with Crippen molar-refractivity contribution < 1.29 is 9.13 Å². The van der Waals surface area contributed by atoms with Gasteiger partial charge in [-0.3, -0.25) is 0 Å². The number of hydrogen-bond donors (Lipinski definition) is 0. The average molecular weight is 307 g/mol. The van der Waals surface area contributed by atoms with Crippen molar-refractivity contribution in [3.8, 4) is 11.5 Å². The van der Waals surface area contributed by atoms with Gasteiger partial charge in [-0.2, -0.15) is 0 Å². The maximum atomic E-state index is 13.4. The van der Waals surface area contributed by atoms with Crippen molar-refractivity contribution in [2.24, 2.45) is 0 Å². The minimum absolute atomic E-state index is 0.142. The molecule has 2 rings (SSSR count). The second-order valence-corrected chi connectivity index (χ2v) is 6.06. The molecule has 0 atom stereocenters. The summed E-state index contributed by atoms with van der Waals surface area (Å²) in [6.45, 7) is 6.59. The van der Waals surface area contributed by atoms with E-state index in [2.05, 4.69) is 32.9 Å². The summed E-state index contributed by atoms with van der Waals surface area (Å²) in [5, 5.41) is 0. The van der Waals surface area contributed by atoms with Crippen LogP contribution in [-0.4, -0.2) is 0 Å². The summed E-state index contributed by atoms with van der Waals surface area (Å²) >= 11 is 5.74. The quantitative estimate of drug-likeness (QED) is 0.611. The molecule has 21 heavy (non-hydrogen) atoms. The molecular formula is C18H20ClFO. The van der Waals surface area contributed by atoms with Crippen LogP contribution in [0.3, 0.4) is 0 Å². The SMILES string of the molecule is CCC(C)(C)c1ccc(Oc2cc(F)cc(CCl)c2)cc1. The van der Waals surface area contributed by atoms with Crippen molar-refractivity contribution >= 4 is 11.6 Å². The Labute approximate surface area is 130 Å². The molecule has 0 aliphatic rings. The standard InChI is InChI=1S/C18H20ClFO/c1-4-18(2,3)14-5-7-16(8-6-14)21-17-10-13(12-19)9-15(20)11-17/h5-11H,4,12H2,1-3H3. The average Bonchev–Trinajstić information content (AvgIpc) is 2.47. The molecule has 0 saturated carbocycles. The lowest BCUT2D eigenvalue weighted by atomic mass is 9.82. The smallest absolute Gasteiger partial charge is 0.130 e. The van der Waals surface area contributed by atoms with E-state index in [1.165, 1.54) is 17.7 Å². The predicted molar refractivity (Wildman–Crippen MR) is 85.8 cm³/mol. The highest BCUT2D eigenvalue weighted by Crippen LogP contribution is 2.30. The number of ether oxygens (including phenoxy) is 1. The van der Waals surface area contributed by atoms with E-state index < -0.39 is 0 Å². The molecule has 0 aromatic heterocycles. The van der Waals surface area contributed by atoms with Crippen LogP contribution in [0.2, 0.25) is 0 Å². The third-order valence-corrected chi connectivity index (χ3v) is 4.15. The Kier molecular flexibility index (Phi) is 4.89. The predicted octanol–water partition coefficient (Wildman–Crippen LogP) is 6.04. The molecule has 1 nitrogen and oxygen atoms in total. The molecule has 2 aromatic rings. The minimum Gasteiger partial charge on any atom is -0.457 e. The monoisotopic (exact) mass is 306 g/mol.